The van der Waals surface area contributed by atoms with Gasteiger partial charge in [-0.05, 0) is 6.92 Å². The van der Waals surface area contributed by atoms with Crippen molar-refractivity contribution >= 4 is 30.1 Å². The van der Waals surface area contributed by atoms with Gasteiger partial charge >= 0.3 is 88.4 Å². The number of rotatable bonds is 3. The van der Waals surface area contributed by atoms with E-state index in [0.29, 0.717) is 5.69 Å². The van der Waals surface area contributed by atoms with Gasteiger partial charge in [-0.25, -0.2) is 0 Å². The van der Waals surface area contributed by atoms with Crippen molar-refractivity contribution in [3.63, 3.8) is 0 Å². The quantitative estimate of drug-likeness (QED) is 0.436. The van der Waals surface area contributed by atoms with Gasteiger partial charge in [-0.3, -0.25) is 0 Å². The standard InChI is InChI=1S/C8H10AsNO5.C7H8/c1-6(11)10-8-4-2-7(3-5-8)9(12,13)15-14;1-7-5-3-2-4-6-7/h2-5,14H,1H3,(H,10,11)(H,12,13);2-6H,1H3. The van der Waals surface area contributed by atoms with Crippen LogP contribution in [-0.4, -0.2) is 29.4 Å². The van der Waals surface area contributed by atoms with Crippen LogP contribution in [0.3, 0.4) is 0 Å². The number of hydrogen-bond donors (Lipinski definition) is 3. The smallest absolute Gasteiger partial charge is 0.0398 e. The molecule has 0 aliphatic carbocycles. The Morgan fingerprint density at radius 2 is 1.64 bits per heavy atom. The minimum atomic E-state index is -4.76. The van der Waals surface area contributed by atoms with Gasteiger partial charge in [0.1, 0.15) is 0 Å². The number of anilines is 1. The van der Waals surface area contributed by atoms with Gasteiger partial charge in [0, 0.05) is 0 Å². The summed E-state index contributed by atoms with van der Waals surface area (Å²) >= 11 is -4.76. The number of aryl methyl sites for hydroxylation is 1. The Hall–Kier alpha value is -1.85. The van der Waals surface area contributed by atoms with Crippen LogP contribution in [0.2, 0.25) is 0 Å². The van der Waals surface area contributed by atoms with Gasteiger partial charge in [-0.1, -0.05) is 35.9 Å². The summed E-state index contributed by atoms with van der Waals surface area (Å²) in [5.41, 5.74) is 1.82. The Labute approximate surface area is 131 Å². The molecule has 2 rings (SSSR count). The summed E-state index contributed by atoms with van der Waals surface area (Å²) in [6, 6.07) is 15.8. The molecule has 0 aliphatic rings. The molecule has 3 N–H and O–H groups in total. The zero-order chi connectivity index (χ0) is 16.6. The minimum absolute atomic E-state index is 0.00438. The maximum absolute atomic E-state index is 11.2. The first-order valence-electron chi connectivity index (χ1n) is 6.41. The van der Waals surface area contributed by atoms with Crippen molar-refractivity contribution in [2.75, 3.05) is 5.32 Å². The van der Waals surface area contributed by atoms with E-state index in [9.17, 15) is 8.53 Å². The zero-order valence-electron chi connectivity index (χ0n) is 12.3. The molecule has 0 heterocycles. The fraction of sp³-hybridized carbons (Fsp3) is 0.133. The number of carbonyl (C=O) groups is 1. The van der Waals surface area contributed by atoms with Crippen LogP contribution in [0, 0.1) is 6.92 Å². The molecule has 0 aliphatic heterocycles. The van der Waals surface area contributed by atoms with Gasteiger partial charge in [-0.15, -0.1) is 0 Å². The molecule has 0 bridgehead atoms. The van der Waals surface area contributed by atoms with E-state index in [4.69, 9.17) is 9.35 Å². The molecule has 6 nitrogen and oxygen atoms in total. The van der Waals surface area contributed by atoms with E-state index in [1.54, 1.807) is 0 Å². The average Bonchev–Trinajstić information content (AvgIpc) is 2.48. The van der Waals surface area contributed by atoms with Crippen molar-refractivity contribution in [3.8, 4) is 0 Å². The normalized spacial score (nSPS) is 12.5. The van der Waals surface area contributed by atoms with Crippen molar-refractivity contribution < 1.29 is 21.8 Å². The summed E-state index contributed by atoms with van der Waals surface area (Å²) in [7, 11) is 0. The molecular formula is C15H18AsNO5. The van der Waals surface area contributed by atoms with E-state index in [-0.39, 0.29) is 10.3 Å². The van der Waals surface area contributed by atoms with Crippen LogP contribution in [-0.2, 0) is 12.4 Å². The topological polar surface area (TPSA) is 95.9 Å². The summed E-state index contributed by atoms with van der Waals surface area (Å²) in [5, 5.41) is 10.7. The molecule has 0 saturated heterocycles. The third-order valence-corrected chi connectivity index (χ3v) is 5.02. The molecule has 0 aromatic heterocycles. The molecule has 0 saturated carbocycles. The van der Waals surface area contributed by atoms with Gasteiger partial charge in [0.25, 0.3) is 0 Å². The molecule has 1 amide bonds. The van der Waals surface area contributed by atoms with E-state index in [1.165, 1.54) is 36.8 Å². The van der Waals surface area contributed by atoms with Gasteiger partial charge < -0.3 is 0 Å². The largest absolute Gasteiger partial charge is 0.0622 e. The number of amides is 1. The number of hydrogen-bond acceptors (Lipinski definition) is 4. The molecule has 7 heteroatoms. The van der Waals surface area contributed by atoms with Crippen LogP contribution >= 0.6 is 0 Å². The Morgan fingerprint density at radius 1 is 1.09 bits per heavy atom. The predicted octanol–water partition coefficient (Wildman–Crippen LogP) is 1.70. The number of nitrogens with one attached hydrogen (secondary N) is 1. The maximum Gasteiger partial charge on any atom is -0.0398 e. The summed E-state index contributed by atoms with van der Waals surface area (Å²) < 4.78 is 23.8. The monoisotopic (exact) mass is 367 g/mol. The van der Waals surface area contributed by atoms with E-state index in [0.717, 1.165) is 0 Å². The fourth-order valence-electron chi connectivity index (χ4n) is 1.52. The summed E-state index contributed by atoms with van der Waals surface area (Å²) in [4.78, 5) is 10.7. The predicted molar refractivity (Wildman–Crippen MR) is 83.9 cm³/mol. The molecule has 2 aromatic carbocycles. The van der Waals surface area contributed by atoms with Crippen LogP contribution < -0.4 is 9.67 Å². The van der Waals surface area contributed by atoms with Crippen molar-refractivity contribution in [1.82, 2.24) is 0 Å². The molecule has 118 valence electrons. The molecular weight excluding hydrogens is 349 g/mol. The molecule has 22 heavy (non-hydrogen) atoms. The van der Waals surface area contributed by atoms with Crippen LogP contribution in [0.25, 0.3) is 0 Å². The van der Waals surface area contributed by atoms with Crippen molar-refractivity contribution in [2.45, 2.75) is 13.8 Å². The third-order valence-electron chi connectivity index (χ3n) is 2.57. The van der Waals surface area contributed by atoms with Crippen molar-refractivity contribution in [1.29, 1.82) is 0 Å². The van der Waals surface area contributed by atoms with Gasteiger partial charge in [0.05, 0.1) is 0 Å². The molecule has 2 aromatic rings. The Bertz CT molecular complexity index is 643. The summed E-state index contributed by atoms with van der Waals surface area (Å²) in [5.74, 6) is -0.237. The van der Waals surface area contributed by atoms with Crippen LogP contribution in [0.1, 0.15) is 12.5 Å². The van der Waals surface area contributed by atoms with Crippen LogP contribution in [0.15, 0.2) is 54.6 Å². The molecule has 0 fully saturated rings. The van der Waals surface area contributed by atoms with Crippen molar-refractivity contribution in [2.24, 2.45) is 0 Å². The maximum atomic E-state index is 11.2. The van der Waals surface area contributed by atoms with Crippen LogP contribution in [0.4, 0.5) is 5.69 Å². The van der Waals surface area contributed by atoms with Crippen LogP contribution in [0.5, 0.6) is 0 Å². The fourth-order valence-corrected chi connectivity index (χ4v) is 2.82. The summed E-state index contributed by atoms with van der Waals surface area (Å²) in [6.45, 7) is 3.44. The van der Waals surface area contributed by atoms with E-state index >= 15 is 0 Å². The second-order valence-corrected chi connectivity index (χ2v) is 8.09. The molecule has 1 unspecified atom stereocenters. The Kier molecular flexibility index (Phi) is 7.08. The average molecular weight is 367 g/mol. The second kappa shape index (κ2) is 8.56. The molecule has 0 spiro atoms. The Morgan fingerprint density at radius 3 is 2.00 bits per heavy atom. The van der Waals surface area contributed by atoms with E-state index in [2.05, 4.69) is 28.2 Å². The number of carbonyl (C=O) groups excluding carboxylic acids is 1. The van der Waals surface area contributed by atoms with Crippen molar-refractivity contribution in [3.05, 3.63) is 60.2 Å². The van der Waals surface area contributed by atoms with E-state index in [1.807, 2.05) is 18.2 Å². The van der Waals surface area contributed by atoms with Gasteiger partial charge in [0.2, 0.25) is 0 Å². The second-order valence-electron chi connectivity index (χ2n) is 4.48. The number of benzene rings is 2. The first kappa shape index (κ1) is 18.2. The first-order chi connectivity index (χ1) is 10.3. The summed E-state index contributed by atoms with van der Waals surface area (Å²) in [6.07, 6.45) is 0. The molecule has 1 atom stereocenters. The first-order valence-corrected chi connectivity index (χ1v) is 9.72. The minimum Gasteiger partial charge on any atom is -0.0622 e. The Balaban J connectivity index is 0.000000287. The van der Waals surface area contributed by atoms with Gasteiger partial charge in [0.15, 0.2) is 0 Å². The van der Waals surface area contributed by atoms with E-state index < -0.39 is 14.2 Å². The third kappa shape index (κ3) is 6.28. The zero-order valence-corrected chi connectivity index (χ0v) is 14.1. The SMILES string of the molecule is CC(=O)Nc1ccc([As](=O)(O)OO)cc1.Cc1ccccc1. The van der Waals surface area contributed by atoms with Gasteiger partial charge in [-0.2, -0.15) is 0 Å². The molecule has 0 radical (unpaired) electrons.